The molecule has 0 bridgehead atoms. The molecule has 2 aliphatic heterocycles. The van der Waals surface area contributed by atoms with Crippen LogP contribution in [0.25, 0.3) is 0 Å². The van der Waals surface area contributed by atoms with Crippen LogP contribution in [0.1, 0.15) is 17.5 Å². The first-order valence-electron chi connectivity index (χ1n) is 10.3. The number of aryl methyl sites for hydroxylation is 1. The Bertz CT molecular complexity index is 1110. The van der Waals surface area contributed by atoms with Gasteiger partial charge in [0.2, 0.25) is 5.91 Å². The Morgan fingerprint density at radius 2 is 1.73 bits per heavy atom. The SMILES string of the molecule is Cc1cccc(N2C(=O)C[C@@H](N3CCN(c4ccc(C(F)(F)F)cc4[N+](=O)[O-])CC3)C2=O)c1. The van der Waals surface area contributed by atoms with E-state index in [1.54, 1.807) is 23.1 Å². The zero-order valence-corrected chi connectivity index (χ0v) is 17.7. The second kappa shape index (κ2) is 8.47. The van der Waals surface area contributed by atoms with Gasteiger partial charge in [0.1, 0.15) is 5.69 Å². The van der Waals surface area contributed by atoms with E-state index in [1.165, 1.54) is 4.90 Å². The fourth-order valence-electron chi connectivity index (χ4n) is 4.33. The number of hydrogen-bond acceptors (Lipinski definition) is 6. The highest BCUT2D eigenvalue weighted by molar-refractivity contribution is 6.22. The number of rotatable bonds is 4. The summed E-state index contributed by atoms with van der Waals surface area (Å²) in [7, 11) is 0. The molecule has 0 N–H and O–H groups in total. The molecule has 0 spiro atoms. The quantitative estimate of drug-likeness (QED) is 0.393. The van der Waals surface area contributed by atoms with Crippen LogP contribution in [0, 0.1) is 17.0 Å². The topological polar surface area (TPSA) is 87.0 Å². The zero-order chi connectivity index (χ0) is 23.9. The number of carbonyl (C=O) groups is 2. The van der Waals surface area contributed by atoms with Gasteiger partial charge in [-0.05, 0) is 36.8 Å². The van der Waals surface area contributed by atoms with Crippen molar-refractivity contribution in [1.82, 2.24) is 4.90 Å². The monoisotopic (exact) mass is 462 g/mol. The molecule has 1 atom stereocenters. The predicted octanol–water partition coefficient (Wildman–Crippen LogP) is 3.38. The Kier molecular flexibility index (Phi) is 5.83. The molecule has 11 heteroatoms. The molecule has 33 heavy (non-hydrogen) atoms. The van der Waals surface area contributed by atoms with Gasteiger partial charge in [-0.2, -0.15) is 13.2 Å². The third kappa shape index (κ3) is 4.40. The van der Waals surface area contributed by atoms with Crippen LogP contribution in [-0.4, -0.2) is 53.9 Å². The second-order valence-electron chi connectivity index (χ2n) is 8.11. The van der Waals surface area contributed by atoms with Crippen LogP contribution in [0.2, 0.25) is 0 Å². The number of alkyl halides is 3. The van der Waals surface area contributed by atoms with E-state index in [1.807, 2.05) is 17.9 Å². The number of amides is 2. The lowest BCUT2D eigenvalue weighted by molar-refractivity contribution is -0.384. The van der Waals surface area contributed by atoms with Gasteiger partial charge in [-0.1, -0.05) is 12.1 Å². The van der Waals surface area contributed by atoms with Gasteiger partial charge in [0.25, 0.3) is 11.6 Å². The number of benzene rings is 2. The predicted molar refractivity (Wildman–Crippen MR) is 114 cm³/mol. The van der Waals surface area contributed by atoms with E-state index in [0.717, 1.165) is 17.7 Å². The lowest BCUT2D eigenvalue weighted by Gasteiger charge is -2.37. The third-order valence-electron chi connectivity index (χ3n) is 5.98. The summed E-state index contributed by atoms with van der Waals surface area (Å²) in [6.45, 7) is 3.09. The van der Waals surface area contributed by atoms with E-state index >= 15 is 0 Å². The number of anilines is 2. The van der Waals surface area contributed by atoms with Gasteiger partial charge in [0.05, 0.1) is 28.6 Å². The van der Waals surface area contributed by atoms with Crippen LogP contribution >= 0.6 is 0 Å². The summed E-state index contributed by atoms with van der Waals surface area (Å²) in [6, 6.07) is 8.95. The van der Waals surface area contributed by atoms with Gasteiger partial charge in [-0.3, -0.25) is 24.6 Å². The molecule has 2 saturated heterocycles. The van der Waals surface area contributed by atoms with E-state index in [2.05, 4.69) is 0 Å². The highest BCUT2D eigenvalue weighted by Crippen LogP contribution is 2.37. The van der Waals surface area contributed by atoms with Gasteiger partial charge in [0, 0.05) is 32.2 Å². The highest BCUT2D eigenvalue weighted by Gasteiger charge is 2.43. The van der Waals surface area contributed by atoms with E-state index in [4.69, 9.17) is 0 Å². The van der Waals surface area contributed by atoms with Gasteiger partial charge in [-0.25, -0.2) is 4.90 Å². The normalized spacial score (nSPS) is 19.9. The summed E-state index contributed by atoms with van der Waals surface area (Å²) >= 11 is 0. The largest absolute Gasteiger partial charge is 0.416 e. The molecule has 2 aromatic carbocycles. The number of halogens is 3. The average Bonchev–Trinajstić information content (AvgIpc) is 3.06. The van der Waals surface area contributed by atoms with Crippen LogP contribution < -0.4 is 9.80 Å². The fraction of sp³-hybridized carbons (Fsp3) is 0.364. The minimum atomic E-state index is -4.68. The lowest BCUT2D eigenvalue weighted by atomic mass is 10.1. The molecule has 2 heterocycles. The number of piperazine rings is 1. The highest BCUT2D eigenvalue weighted by atomic mass is 19.4. The van der Waals surface area contributed by atoms with Crippen molar-refractivity contribution in [3.8, 4) is 0 Å². The minimum Gasteiger partial charge on any atom is -0.363 e. The summed E-state index contributed by atoms with van der Waals surface area (Å²) in [4.78, 5) is 40.8. The van der Waals surface area contributed by atoms with Gasteiger partial charge in [-0.15, -0.1) is 0 Å². The van der Waals surface area contributed by atoms with Crippen molar-refractivity contribution < 1.29 is 27.7 Å². The molecule has 2 aliphatic rings. The lowest BCUT2D eigenvalue weighted by Crippen LogP contribution is -2.52. The maximum absolute atomic E-state index is 13.0. The first kappa shape index (κ1) is 22.7. The molecule has 0 unspecified atom stereocenters. The Hall–Kier alpha value is -3.47. The van der Waals surface area contributed by atoms with Crippen molar-refractivity contribution in [1.29, 1.82) is 0 Å². The number of nitro groups is 1. The van der Waals surface area contributed by atoms with Crippen LogP contribution in [0.15, 0.2) is 42.5 Å². The third-order valence-corrected chi connectivity index (χ3v) is 5.98. The number of nitrogens with zero attached hydrogens (tertiary/aromatic N) is 4. The van der Waals surface area contributed by atoms with E-state index in [0.29, 0.717) is 24.8 Å². The fourth-order valence-corrected chi connectivity index (χ4v) is 4.33. The van der Waals surface area contributed by atoms with Crippen molar-refractivity contribution in [3.63, 3.8) is 0 Å². The molecule has 0 aromatic heterocycles. The zero-order valence-electron chi connectivity index (χ0n) is 17.7. The van der Waals surface area contributed by atoms with Crippen molar-refractivity contribution in [2.75, 3.05) is 36.0 Å². The van der Waals surface area contributed by atoms with Crippen molar-refractivity contribution in [2.45, 2.75) is 25.6 Å². The maximum Gasteiger partial charge on any atom is 0.416 e. The number of nitro benzene ring substituents is 1. The molecule has 0 saturated carbocycles. The Morgan fingerprint density at radius 1 is 1.03 bits per heavy atom. The van der Waals surface area contributed by atoms with E-state index in [-0.39, 0.29) is 37.0 Å². The number of carbonyl (C=O) groups excluding carboxylic acids is 2. The Balaban J connectivity index is 1.48. The molecular weight excluding hydrogens is 441 g/mol. The van der Waals surface area contributed by atoms with Crippen LogP contribution in [0.4, 0.5) is 30.2 Å². The molecule has 2 fully saturated rings. The molecule has 4 rings (SSSR count). The molecule has 8 nitrogen and oxygen atoms in total. The van der Waals surface area contributed by atoms with Crippen molar-refractivity contribution in [2.24, 2.45) is 0 Å². The summed E-state index contributed by atoms with van der Waals surface area (Å²) in [5, 5.41) is 11.4. The molecular formula is C22H21F3N4O4. The van der Waals surface area contributed by atoms with Crippen molar-refractivity contribution >= 4 is 28.9 Å². The maximum atomic E-state index is 13.0. The second-order valence-corrected chi connectivity index (χ2v) is 8.11. The summed E-state index contributed by atoms with van der Waals surface area (Å²) in [5.74, 6) is -0.615. The Labute approximate surface area is 187 Å². The number of imide groups is 1. The van der Waals surface area contributed by atoms with E-state index < -0.39 is 28.4 Å². The average molecular weight is 462 g/mol. The van der Waals surface area contributed by atoms with Gasteiger partial charge in [0.15, 0.2) is 0 Å². The standard InChI is InChI=1S/C22H21F3N4O4/c1-14-3-2-4-16(11-14)28-20(30)13-19(21(28)31)27-9-7-26(8-10-27)17-6-5-15(22(23,24)25)12-18(17)29(32)33/h2-6,11-12,19H,7-10,13H2,1H3/t19-/m1/s1. The summed E-state index contributed by atoms with van der Waals surface area (Å²) in [6.07, 6.45) is -4.65. The first-order valence-corrected chi connectivity index (χ1v) is 10.3. The van der Waals surface area contributed by atoms with Crippen LogP contribution in [0.3, 0.4) is 0 Å². The molecule has 174 valence electrons. The van der Waals surface area contributed by atoms with Crippen molar-refractivity contribution in [3.05, 3.63) is 63.7 Å². The smallest absolute Gasteiger partial charge is 0.363 e. The van der Waals surface area contributed by atoms with Crippen LogP contribution in [-0.2, 0) is 15.8 Å². The van der Waals surface area contributed by atoms with Crippen LogP contribution in [0.5, 0.6) is 0 Å². The van der Waals surface area contributed by atoms with E-state index in [9.17, 15) is 32.9 Å². The number of hydrogen-bond donors (Lipinski definition) is 0. The molecule has 2 amide bonds. The first-order chi connectivity index (χ1) is 15.6. The summed E-state index contributed by atoms with van der Waals surface area (Å²) < 4.78 is 38.9. The molecule has 0 radical (unpaired) electrons. The molecule has 2 aromatic rings. The summed E-state index contributed by atoms with van der Waals surface area (Å²) in [5.41, 5.74) is -0.156. The molecule has 0 aliphatic carbocycles. The Morgan fingerprint density at radius 3 is 2.33 bits per heavy atom. The minimum absolute atomic E-state index is 0.0349. The van der Waals surface area contributed by atoms with Gasteiger partial charge >= 0.3 is 6.18 Å². The van der Waals surface area contributed by atoms with Gasteiger partial charge < -0.3 is 4.90 Å².